The van der Waals surface area contributed by atoms with Crippen LogP contribution in [0.2, 0.25) is 0 Å². The van der Waals surface area contributed by atoms with Crippen molar-refractivity contribution < 1.29 is 5.11 Å². The number of aromatic nitrogens is 2. The van der Waals surface area contributed by atoms with Gasteiger partial charge in [-0.05, 0) is 35.4 Å². The lowest BCUT2D eigenvalue weighted by atomic mass is 9.99. The molecule has 0 spiro atoms. The Balaban J connectivity index is 2.26. The summed E-state index contributed by atoms with van der Waals surface area (Å²) in [6.45, 7) is 0.0809. The van der Waals surface area contributed by atoms with Gasteiger partial charge in [0.15, 0.2) is 0 Å². The topological polar surface area (TPSA) is 78.0 Å². The van der Waals surface area contributed by atoms with Crippen molar-refractivity contribution in [3.8, 4) is 0 Å². The molecule has 0 unspecified atom stereocenters. The van der Waals surface area contributed by atoms with Gasteiger partial charge in [0.05, 0.1) is 18.5 Å². The molecule has 0 aliphatic heterocycles. The Morgan fingerprint density at radius 2 is 2.25 bits per heavy atom. The molecule has 0 bridgehead atoms. The molecular formula is C10H14IN3O2. The van der Waals surface area contributed by atoms with Gasteiger partial charge >= 0.3 is 0 Å². The van der Waals surface area contributed by atoms with E-state index in [4.69, 9.17) is 0 Å². The minimum atomic E-state index is -0.291. The number of aliphatic hydroxyl groups excluding tert-OH is 1. The Morgan fingerprint density at radius 1 is 1.56 bits per heavy atom. The largest absolute Gasteiger partial charge is 0.394 e. The number of hydrogen-bond donors (Lipinski definition) is 3. The van der Waals surface area contributed by atoms with Gasteiger partial charge in [0.2, 0.25) is 0 Å². The second-order valence-electron chi connectivity index (χ2n) is 4.16. The van der Waals surface area contributed by atoms with Crippen LogP contribution >= 0.6 is 22.6 Å². The Bertz CT molecular complexity index is 426. The van der Waals surface area contributed by atoms with Gasteiger partial charge in [-0.25, -0.2) is 4.98 Å². The number of hydrogen-bond acceptors (Lipinski definition) is 4. The molecule has 1 heterocycles. The Morgan fingerprint density at radius 3 is 2.88 bits per heavy atom. The van der Waals surface area contributed by atoms with Crippen molar-refractivity contribution in [1.29, 1.82) is 0 Å². The molecule has 6 heteroatoms. The predicted octanol–water partition coefficient (Wildman–Crippen LogP) is 1.09. The van der Waals surface area contributed by atoms with Crippen LogP contribution in [-0.2, 0) is 0 Å². The van der Waals surface area contributed by atoms with E-state index in [0.29, 0.717) is 9.39 Å². The van der Waals surface area contributed by atoms with E-state index in [1.54, 1.807) is 0 Å². The monoisotopic (exact) mass is 335 g/mol. The molecule has 1 fully saturated rings. The molecule has 0 radical (unpaired) electrons. The summed E-state index contributed by atoms with van der Waals surface area (Å²) in [5.74, 6) is 0.570. The normalized spacial score (nSPS) is 18.6. The van der Waals surface area contributed by atoms with Crippen LogP contribution in [0.1, 0.15) is 25.7 Å². The molecular weight excluding hydrogens is 321 g/mol. The summed E-state index contributed by atoms with van der Waals surface area (Å²) in [4.78, 5) is 18.0. The molecule has 1 aromatic rings. The lowest BCUT2D eigenvalue weighted by Gasteiger charge is -2.28. The molecule has 2 rings (SSSR count). The number of aromatic amines is 1. The second kappa shape index (κ2) is 4.70. The molecule has 5 nitrogen and oxygen atoms in total. The summed E-state index contributed by atoms with van der Waals surface area (Å²) in [7, 11) is 0. The lowest BCUT2D eigenvalue weighted by Crippen LogP contribution is -2.40. The minimum Gasteiger partial charge on any atom is -0.394 e. The van der Waals surface area contributed by atoms with E-state index < -0.39 is 0 Å². The Kier molecular flexibility index (Phi) is 3.48. The summed E-state index contributed by atoms with van der Waals surface area (Å²) in [5, 5.41) is 12.7. The standard InChI is InChI=1S/C10H14IN3O2/c11-7-8(12-6-13-9(7)16)14-10(5-15)3-1-2-4-10/h6,15H,1-5H2,(H2,12,13,14,16). The van der Waals surface area contributed by atoms with Crippen molar-refractivity contribution in [2.24, 2.45) is 0 Å². The first-order chi connectivity index (χ1) is 7.67. The Hall–Kier alpha value is -0.630. The fourth-order valence-electron chi connectivity index (χ4n) is 2.10. The fourth-order valence-corrected chi connectivity index (χ4v) is 2.53. The molecule has 0 amide bonds. The molecule has 0 atom stereocenters. The lowest BCUT2D eigenvalue weighted by molar-refractivity contribution is 0.213. The molecule has 1 aliphatic rings. The highest BCUT2D eigenvalue weighted by Crippen LogP contribution is 2.32. The van der Waals surface area contributed by atoms with Gasteiger partial charge < -0.3 is 15.4 Å². The average molecular weight is 335 g/mol. The third-order valence-electron chi connectivity index (χ3n) is 3.04. The average Bonchev–Trinajstić information content (AvgIpc) is 2.74. The SMILES string of the molecule is O=c1[nH]cnc(NC2(CO)CCCC2)c1I. The number of rotatable bonds is 3. The number of nitrogens with zero attached hydrogens (tertiary/aromatic N) is 1. The number of anilines is 1. The second-order valence-corrected chi connectivity index (χ2v) is 5.24. The van der Waals surface area contributed by atoms with Gasteiger partial charge in [-0.1, -0.05) is 12.8 Å². The molecule has 1 aromatic heterocycles. The van der Waals surface area contributed by atoms with Crippen molar-refractivity contribution in [1.82, 2.24) is 9.97 Å². The summed E-state index contributed by atoms with van der Waals surface area (Å²) >= 11 is 1.96. The van der Waals surface area contributed by atoms with Gasteiger partial charge in [0, 0.05) is 0 Å². The minimum absolute atomic E-state index is 0.0809. The molecule has 3 N–H and O–H groups in total. The highest BCUT2D eigenvalue weighted by atomic mass is 127. The number of halogens is 1. The van der Waals surface area contributed by atoms with Gasteiger partial charge in [-0.15, -0.1) is 0 Å². The van der Waals surface area contributed by atoms with Crippen LogP contribution in [0, 0.1) is 3.57 Å². The van der Waals surface area contributed by atoms with Gasteiger partial charge in [0.25, 0.3) is 5.56 Å². The first kappa shape index (κ1) is 11.8. The maximum absolute atomic E-state index is 11.4. The highest BCUT2D eigenvalue weighted by Gasteiger charge is 2.33. The molecule has 0 saturated heterocycles. The van der Waals surface area contributed by atoms with E-state index >= 15 is 0 Å². The molecule has 1 saturated carbocycles. The van der Waals surface area contributed by atoms with E-state index in [1.807, 2.05) is 22.6 Å². The molecule has 1 aliphatic carbocycles. The van der Waals surface area contributed by atoms with Crippen LogP contribution < -0.4 is 10.9 Å². The summed E-state index contributed by atoms with van der Waals surface area (Å²) in [6.07, 6.45) is 5.44. The van der Waals surface area contributed by atoms with Crippen molar-refractivity contribution >= 4 is 28.4 Å². The van der Waals surface area contributed by atoms with Crippen LogP contribution in [0.3, 0.4) is 0 Å². The highest BCUT2D eigenvalue weighted by molar-refractivity contribution is 14.1. The quantitative estimate of drug-likeness (QED) is 0.723. The van der Waals surface area contributed by atoms with Crippen LogP contribution in [0.15, 0.2) is 11.1 Å². The summed E-state index contributed by atoms with van der Waals surface area (Å²) in [5.41, 5.74) is -0.440. The van der Waals surface area contributed by atoms with Crippen LogP contribution in [0.25, 0.3) is 0 Å². The van der Waals surface area contributed by atoms with E-state index in [0.717, 1.165) is 25.7 Å². The van der Waals surface area contributed by atoms with E-state index in [9.17, 15) is 9.90 Å². The third-order valence-corrected chi connectivity index (χ3v) is 4.04. The predicted molar refractivity (Wildman–Crippen MR) is 69.5 cm³/mol. The van der Waals surface area contributed by atoms with Crippen molar-refractivity contribution in [2.75, 3.05) is 11.9 Å². The summed E-state index contributed by atoms with van der Waals surface area (Å²) in [6, 6.07) is 0. The zero-order chi connectivity index (χ0) is 11.6. The molecule has 0 aromatic carbocycles. The number of aliphatic hydroxyl groups is 1. The molecule has 88 valence electrons. The van der Waals surface area contributed by atoms with Crippen LogP contribution in [0.5, 0.6) is 0 Å². The fraction of sp³-hybridized carbons (Fsp3) is 0.600. The van der Waals surface area contributed by atoms with Crippen LogP contribution in [0.4, 0.5) is 5.82 Å². The van der Waals surface area contributed by atoms with E-state index in [1.165, 1.54) is 6.33 Å². The number of nitrogens with one attached hydrogen (secondary N) is 2. The van der Waals surface area contributed by atoms with E-state index in [-0.39, 0.29) is 17.7 Å². The van der Waals surface area contributed by atoms with Crippen LogP contribution in [-0.4, -0.2) is 27.2 Å². The van der Waals surface area contributed by atoms with Gasteiger partial charge in [-0.2, -0.15) is 0 Å². The maximum atomic E-state index is 11.4. The van der Waals surface area contributed by atoms with Crippen molar-refractivity contribution in [3.63, 3.8) is 0 Å². The maximum Gasteiger partial charge on any atom is 0.266 e. The smallest absolute Gasteiger partial charge is 0.266 e. The Labute approximate surface area is 107 Å². The zero-order valence-electron chi connectivity index (χ0n) is 8.79. The first-order valence-electron chi connectivity index (χ1n) is 5.29. The van der Waals surface area contributed by atoms with Crippen molar-refractivity contribution in [2.45, 2.75) is 31.2 Å². The summed E-state index contributed by atoms with van der Waals surface area (Å²) < 4.78 is 0.542. The van der Waals surface area contributed by atoms with Gasteiger partial charge in [0.1, 0.15) is 9.39 Å². The molecule has 16 heavy (non-hydrogen) atoms. The zero-order valence-corrected chi connectivity index (χ0v) is 11.0. The van der Waals surface area contributed by atoms with Crippen molar-refractivity contribution in [3.05, 3.63) is 20.3 Å². The number of H-pyrrole nitrogens is 1. The third kappa shape index (κ3) is 2.22. The first-order valence-corrected chi connectivity index (χ1v) is 6.37. The van der Waals surface area contributed by atoms with E-state index in [2.05, 4.69) is 15.3 Å². The van der Waals surface area contributed by atoms with Gasteiger partial charge in [-0.3, -0.25) is 4.79 Å².